The maximum atomic E-state index is 13.2. The summed E-state index contributed by atoms with van der Waals surface area (Å²) in [5, 5.41) is 31.1. The van der Waals surface area contributed by atoms with Crippen LogP contribution in [0.15, 0.2) is 35.9 Å². The second kappa shape index (κ2) is 7.93. The highest BCUT2D eigenvalue weighted by Crippen LogP contribution is 2.46. The molecule has 168 valence electrons. The second-order valence-corrected chi connectivity index (χ2v) is 8.99. The van der Waals surface area contributed by atoms with Gasteiger partial charge < -0.3 is 24.8 Å². The van der Waals surface area contributed by atoms with Crippen molar-refractivity contribution < 1.29 is 29.6 Å². The average molecular weight is 437 g/mol. The highest BCUT2D eigenvalue weighted by Gasteiger charge is 2.36. The molecule has 6 nitrogen and oxygen atoms in total. The van der Waals surface area contributed by atoms with Gasteiger partial charge in [-0.1, -0.05) is 17.7 Å². The number of hydrogen-bond acceptors (Lipinski definition) is 6. The lowest BCUT2D eigenvalue weighted by Crippen LogP contribution is -2.32. The quantitative estimate of drug-likeness (QED) is 0.557. The molecule has 0 aliphatic carbocycles. The van der Waals surface area contributed by atoms with Crippen LogP contribution in [0.25, 0.3) is 6.08 Å². The van der Waals surface area contributed by atoms with Gasteiger partial charge in [0.05, 0.1) is 5.92 Å². The molecule has 3 N–H and O–H groups in total. The Kier molecular flexibility index (Phi) is 5.41. The number of hydrogen-bond donors (Lipinski definition) is 3. The van der Waals surface area contributed by atoms with E-state index >= 15 is 0 Å². The molecule has 0 amide bonds. The van der Waals surface area contributed by atoms with Crippen molar-refractivity contribution in [3.05, 3.63) is 58.2 Å². The molecule has 0 spiro atoms. The Morgan fingerprint density at radius 3 is 2.59 bits per heavy atom. The molecule has 2 atom stereocenters. The first-order valence-electron chi connectivity index (χ1n) is 10.7. The van der Waals surface area contributed by atoms with E-state index in [0.717, 1.165) is 18.4 Å². The normalized spacial score (nSPS) is 21.2. The van der Waals surface area contributed by atoms with Crippen LogP contribution in [0.3, 0.4) is 0 Å². The van der Waals surface area contributed by atoms with E-state index in [1.54, 1.807) is 6.07 Å². The Labute approximate surface area is 187 Å². The fourth-order valence-corrected chi connectivity index (χ4v) is 4.17. The Morgan fingerprint density at radius 2 is 1.88 bits per heavy atom. The molecule has 6 heteroatoms. The van der Waals surface area contributed by atoms with Crippen molar-refractivity contribution in [1.29, 1.82) is 0 Å². The zero-order chi connectivity index (χ0) is 23.2. The monoisotopic (exact) mass is 436 g/mol. The highest BCUT2D eigenvalue weighted by atomic mass is 16.5. The van der Waals surface area contributed by atoms with Crippen molar-refractivity contribution >= 4 is 11.9 Å². The fraction of sp³-hybridized carbons (Fsp3) is 0.346. The van der Waals surface area contributed by atoms with Gasteiger partial charge in [-0.15, -0.1) is 0 Å². The number of benzene rings is 2. The summed E-state index contributed by atoms with van der Waals surface area (Å²) in [7, 11) is 0. The summed E-state index contributed by atoms with van der Waals surface area (Å²) in [5.74, 6) is -0.967. The van der Waals surface area contributed by atoms with Gasteiger partial charge in [-0.2, -0.15) is 0 Å². The minimum atomic E-state index is -0.790. The van der Waals surface area contributed by atoms with E-state index < -0.39 is 11.5 Å². The summed E-state index contributed by atoms with van der Waals surface area (Å²) in [6.07, 6.45) is 7.80. The van der Waals surface area contributed by atoms with Crippen molar-refractivity contribution in [3.63, 3.8) is 0 Å². The first kappa shape index (κ1) is 21.8. The van der Waals surface area contributed by atoms with E-state index in [4.69, 9.17) is 9.47 Å². The first-order chi connectivity index (χ1) is 15.1. The van der Waals surface area contributed by atoms with Gasteiger partial charge in [0.1, 0.15) is 46.5 Å². The maximum Gasteiger partial charge on any atom is 0.181 e. The number of ether oxygens (including phenoxy) is 2. The van der Waals surface area contributed by atoms with Crippen LogP contribution in [0.5, 0.6) is 28.7 Å². The van der Waals surface area contributed by atoms with Gasteiger partial charge >= 0.3 is 0 Å². The van der Waals surface area contributed by atoms with E-state index in [-0.39, 0.29) is 46.5 Å². The molecular formula is C26H28O6. The third-order valence-corrected chi connectivity index (χ3v) is 6.15. The number of carbonyl (C=O) groups excluding carboxylic acids is 1. The van der Waals surface area contributed by atoms with Crippen LogP contribution in [-0.4, -0.2) is 33.3 Å². The molecule has 2 aliphatic heterocycles. The number of aromatic hydroxyl groups is 3. The zero-order valence-electron chi connectivity index (χ0n) is 18.7. The van der Waals surface area contributed by atoms with Crippen molar-refractivity contribution in [2.24, 2.45) is 0 Å². The molecule has 0 aromatic heterocycles. The number of ketones is 1. The number of rotatable bonds is 4. The van der Waals surface area contributed by atoms with Crippen LogP contribution in [0.2, 0.25) is 0 Å². The lowest BCUT2D eigenvalue weighted by molar-refractivity contribution is 0.0888. The SMILES string of the molecule is CC(C)=CCC[C@]1(C)C=Cc2cc([C@@H]3COc4cc(O)c(C)c(O)c4C3=O)c(O)cc2O1. The average Bonchev–Trinajstić information content (AvgIpc) is 2.71. The summed E-state index contributed by atoms with van der Waals surface area (Å²) >= 11 is 0. The predicted octanol–water partition coefficient (Wildman–Crippen LogP) is 5.38. The van der Waals surface area contributed by atoms with E-state index in [9.17, 15) is 20.1 Å². The van der Waals surface area contributed by atoms with Gasteiger partial charge in [0.15, 0.2) is 5.78 Å². The topological polar surface area (TPSA) is 96.2 Å². The Balaban J connectivity index is 1.64. The Morgan fingerprint density at radius 1 is 1.16 bits per heavy atom. The molecule has 0 fully saturated rings. The van der Waals surface area contributed by atoms with Gasteiger partial charge in [0, 0.05) is 28.8 Å². The summed E-state index contributed by atoms with van der Waals surface area (Å²) in [6.45, 7) is 7.65. The summed E-state index contributed by atoms with van der Waals surface area (Å²) < 4.78 is 11.9. The number of fused-ring (bicyclic) bond motifs is 2. The Bertz CT molecular complexity index is 1160. The lowest BCUT2D eigenvalue weighted by atomic mass is 9.85. The first-order valence-corrected chi connectivity index (χ1v) is 10.7. The smallest absolute Gasteiger partial charge is 0.181 e. The van der Waals surface area contributed by atoms with Crippen LogP contribution in [0.1, 0.15) is 66.6 Å². The lowest BCUT2D eigenvalue weighted by Gasteiger charge is -2.32. The van der Waals surface area contributed by atoms with Crippen molar-refractivity contribution in [2.75, 3.05) is 6.61 Å². The molecule has 0 saturated carbocycles. The van der Waals surface area contributed by atoms with Crippen molar-refractivity contribution in [2.45, 2.75) is 52.1 Å². The molecule has 2 aliphatic rings. The molecule has 0 bridgehead atoms. The fourth-order valence-electron chi connectivity index (χ4n) is 4.17. The number of phenols is 3. The van der Waals surface area contributed by atoms with Crippen LogP contribution in [0, 0.1) is 6.92 Å². The number of phenolic OH excluding ortho intramolecular Hbond substituents is 3. The molecule has 32 heavy (non-hydrogen) atoms. The van der Waals surface area contributed by atoms with Crippen molar-refractivity contribution in [1.82, 2.24) is 0 Å². The maximum absolute atomic E-state index is 13.2. The number of carbonyl (C=O) groups is 1. The predicted molar refractivity (Wildman–Crippen MR) is 122 cm³/mol. The third kappa shape index (κ3) is 3.81. The van der Waals surface area contributed by atoms with Crippen LogP contribution in [0.4, 0.5) is 0 Å². The largest absolute Gasteiger partial charge is 0.508 e. The van der Waals surface area contributed by atoms with E-state index in [1.807, 2.05) is 19.1 Å². The number of Topliss-reactive ketones (excluding diaryl/α,β-unsaturated/α-hetero) is 1. The zero-order valence-corrected chi connectivity index (χ0v) is 18.7. The van der Waals surface area contributed by atoms with E-state index in [0.29, 0.717) is 11.3 Å². The second-order valence-electron chi connectivity index (χ2n) is 8.99. The Hall–Kier alpha value is -3.41. The molecule has 2 aromatic rings. The van der Waals surface area contributed by atoms with Gasteiger partial charge in [0.25, 0.3) is 0 Å². The molecule has 4 rings (SSSR count). The van der Waals surface area contributed by atoms with Gasteiger partial charge in [-0.3, -0.25) is 4.79 Å². The standard InChI is InChI=1S/C26H28O6/c1-14(2)6-5-8-26(4)9-7-16-10-17(20(28)12-21(16)32-26)18-13-31-22-11-19(27)15(3)24(29)23(22)25(18)30/h6-7,9-12,18,27-29H,5,8,13H2,1-4H3/t18-,26+/m0/s1. The van der Waals surface area contributed by atoms with E-state index in [1.165, 1.54) is 24.6 Å². The van der Waals surface area contributed by atoms with Gasteiger partial charge in [0.2, 0.25) is 0 Å². The molecule has 2 aromatic carbocycles. The van der Waals surface area contributed by atoms with Crippen molar-refractivity contribution in [3.8, 4) is 28.7 Å². The summed E-state index contributed by atoms with van der Waals surface area (Å²) in [6, 6.07) is 4.61. The van der Waals surface area contributed by atoms with Gasteiger partial charge in [-0.25, -0.2) is 0 Å². The molecular weight excluding hydrogens is 408 g/mol. The van der Waals surface area contributed by atoms with Crippen LogP contribution in [-0.2, 0) is 0 Å². The number of allylic oxidation sites excluding steroid dienone is 2. The molecule has 0 radical (unpaired) electrons. The summed E-state index contributed by atoms with van der Waals surface area (Å²) in [5.41, 5.74) is 2.18. The van der Waals surface area contributed by atoms with Gasteiger partial charge in [-0.05, 0) is 52.7 Å². The van der Waals surface area contributed by atoms with Crippen LogP contribution < -0.4 is 9.47 Å². The molecule has 2 heterocycles. The minimum absolute atomic E-state index is 0.00882. The molecule has 0 unspecified atom stereocenters. The van der Waals surface area contributed by atoms with Crippen LogP contribution >= 0.6 is 0 Å². The third-order valence-electron chi connectivity index (χ3n) is 6.15. The molecule has 0 saturated heterocycles. The van der Waals surface area contributed by atoms with E-state index in [2.05, 4.69) is 19.9 Å². The highest BCUT2D eigenvalue weighted by molar-refractivity contribution is 6.07. The summed E-state index contributed by atoms with van der Waals surface area (Å²) in [4.78, 5) is 13.2. The minimum Gasteiger partial charge on any atom is -0.508 e.